The molecule has 32 heavy (non-hydrogen) atoms. The Balaban J connectivity index is 1.36. The Labute approximate surface area is 190 Å². The maximum Gasteiger partial charge on any atom is 0.227 e. The number of amides is 1. The highest BCUT2D eigenvalue weighted by atomic mass is 32.1. The van der Waals surface area contributed by atoms with E-state index in [4.69, 9.17) is 9.26 Å². The normalized spacial score (nSPS) is 10.9. The molecule has 8 heteroatoms. The number of rotatable bonds is 7. The highest BCUT2D eigenvalue weighted by Crippen LogP contribution is 2.31. The van der Waals surface area contributed by atoms with Crippen LogP contribution in [0.1, 0.15) is 29.0 Å². The molecule has 0 bridgehead atoms. The zero-order valence-corrected chi connectivity index (χ0v) is 19.2. The molecule has 4 aromatic rings. The molecule has 0 saturated heterocycles. The number of methoxy groups -OCH3 is 1. The van der Waals surface area contributed by atoms with Gasteiger partial charge in [-0.3, -0.25) is 4.79 Å². The predicted molar refractivity (Wildman–Crippen MR) is 125 cm³/mol. The third-order valence-electron chi connectivity index (χ3n) is 5.07. The topological polar surface area (TPSA) is 90.1 Å². The van der Waals surface area contributed by atoms with Crippen molar-refractivity contribution in [1.82, 2.24) is 15.1 Å². The summed E-state index contributed by atoms with van der Waals surface area (Å²) in [5.74, 6) is 1.51. The molecule has 1 amide bonds. The lowest BCUT2D eigenvalue weighted by Gasteiger charge is -2.08. The SMILES string of the molecule is COc1ccc(-c2noc(CCC(=O)Nc3nc(-c4c(C)cc(C)cc4C)cs3)n2)cc1. The van der Waals surface area contributed by atoms with E-state index >= 15 is 0 Å². The highest BCUT2D eigenvalue weighted by Gasteiger charge is 2.14. The van der Waals surface area contributed by atoms with Crippen LogP contribution in [0.4, 0.5) is 5.13 Å². The van der Waals surface area contributed by atoms with Crippen LogP contribution in [0.15, 0.2) is 46.3 Å². The van der Waals surface area contributed by atoms with Crippen LogP contribution in [0.25, 0.3) is 22.6 Å². The maximum absolute atomic E-state index is 12.4. The summed E-state index contributed by atoms with van der Waals surface area (Å²) >= 11 is 1.42. The molecule has 0 aliphatic heterocycles. The van der Waals surface area contributed by atoms with E-state index in [9.17, 15) is 4.79 Å². The highest BCUT2D eigenvalue weighted by molar-refractivity contribution is 7.14. The second-order valence-corrected chi connectivity index (χ2v) is 8.46. The lowest BCUT2D eigenvalue weighted by molar-refractivity contribution is -0.116. The van der Waals surface area contributed by atoms with Gasteiger partial charge in [-0.05, 0) is 56.2 Å². The fourth-order valence-electron chi connectivity index (χ4n) is 3.65. The minimum Gasteiger partial charge on any atom is -0.497 e. The van der Waals surface area contributed by atoms with Crippen LogP contribution in [0.5, 0.6) is 5.75 Å². The van der Waals surface area contributed by atoms with Gasteiger partial charge in [0.05, 0.1) is 12.8 Å². The zero-order valence-electron chi connectivity index (χ0n) is 18.4. The molecule has 164 valence electrons. The molecule has 0 aliphatic rings. The van der Waals surface area contributed by atoms with Crippen molar-refractivity contribution in [3.63, 3.8) is 0 Å². The van der Waals surface area contributed by atoms with Gasteiger partial charge in [0.2, 0.25) is 17.6 Å². The van der Waals surface area contributed by atoms with Gasteiger partial charge < -0.3 is 14.6 Å². The largest absolute Gasteiger partial charge is 0.497 e. The summed E-state index contributed by atoms with van der Waals surface area (Å²) in [5, 5.41) is 9.41. The number of ether oxygens (including phenoxy) is 1. The van der Waals surface area contributed by atoms with Crippen LogP contribution >= 0.6 is 11.3 Å². The van der Waals surface area contributed by atoms with Gasteiger partial charge in [0.1, 0.15) is 5.75 Å². The first-order valence-corrected chi connectivity index (χ1v) is 11.1. The number of hydrogen-bond acceptors (Lipinski definition) is 7. The van der Waals surface area contributed by atoms with Crippen LogP contribution in [-0.4, -0.2) is 28.1 Å². The van der Waals surface area contributed by atoms with Gasteiger partial charge >= 0.3 is 0 Å². The summed E-state index contributed by atoms with van der Waals surface area (Å²) in [4.78, 5) is 21.4. The number of carbonyl (C=O) groups is 1. The first kappa shape index (κ1) is 21.7. The number of aromatic nitrogens is 3. The molecule has 0 spiro atoms. The van der Waals surface area contributed by atoms with E-state index in [0.717, 1.165) is 22.6 Å². The number of thiazole rings is 1. The van der Waals surface area contributed by atoms with E-state index in [1.54, 1.807) is 7.11 Å². The van der Waals surface area contributed by atoms with Crippen molar-refractivity contribution in [2.45, 2.75) is 33.6 Å². The molecular formula is C24H24N4O3S. The third kappa shape index (κ3) is 4.86. The van der Waals surface area contributed by atoms with E-state index < -0.39 is 0 Å². The Morgan fingerprint density at radius 3 is 2.50 bits per heavy atom. The number of anilines is 1. The van der Waals surface area contributed by atoms with Crippen molar-refractivity contribution in [2.24, 2.45) is 0 Å². The number of nitrogens with zero attached hydrogens (tertiary/aromatic N) is 3. The standard InChI is InChI=1S/C24H24N4O3S/c1-14-11-15(2)22(16(3)12-14)19-13-32-24(25-19)26-20(29)9-10-21-27-23(28-31-21)17-5-7-18(30-4)8-6-17/h5-8,11-13H,9-10H2,1-4H3,(H,25,26,29). The average molecular weight is 449 g/mol. The summed E-state index contributed by atoms with van der Waals surface area (Å²) in [5.41, 5.74) is 6.39. The van der Waals surface area contributed by atoms with Crippen LogP contribution in [0.3, 0.4) is 0 Å². The Morgan fingerprint density at radius 1 is 1.09 bits per heavy atom. The number of aryl methyl sites for hydroxylation is 4. The summed E-state index contributed by atoms with van der Waals surface area (Å²) in [6, 6.07) is 11.7. The van der Waals surface area contributed by atoms with Gasteiger partial charge in [-0.2, -0.15) is 4.98 Å². The molecule has 0 radical (unpaired) electrons. The van der Waals surface area contributed by atoms with Gasteiger partial charge in [0.15, 0.2) is 5.13 Å². The fourth-order valence-corrected chi connectivity index (χ4v) is 4.36. The second kappa shape index (κ2) is 9.32. The Hall–Kier alpha value is -3.52. The molecule has 2 heterocycles. The molecule has 0 saturated carbocycles. The minimum absolute atomic E-state index is 0.146. The van der Waals surface area contributed by atoms with Crippen molar-refractivity contribution in [3.05, 3.63) is 64.4 Å². The molecule has 4 rings (SSSR count). The molecule has 0 atom stereocenters. The monoisotopic (exact) mass is 448 g/mol. The Bertz CT molecular complexity index is 1220. The average Bonchev–Trinajstić information content (AvgIpc) is 3.41. The van der Waals surface area contributed by atoms with Crippen molar-refractivity contribution in [3.8, 4) is 28.4 Å². The molecule has 1 N–H and O–H groups in total. The summed E-state index contributed by atoms with van der Waals surface area (Å²) < 4.78 is 10.4. The van der Waals surface area contributed by atoms with Gasteiger partial charge in [0, 0.05) is 29.3 Å². The zero-order chi connectivity index (χ0) is 22.7. The number of carbonyl (C=O) groups excluding carboxylic acids is 1. The third-order valence-corrected chi connectivity index (χ3v) is 5.82. The predicted octanol–water partition coefficient (Wildman–Crippen LogP) is 5.37. The van der Waals surface area contributed by atoms with E-state index in [0.29, 0.717) is 23.3 Å². The quantitative estimate of drug-likeness (QED) is 0.409. The van der Waals surface area contributed by atoms with Gasteiger partial charge in [-0.15, -0.1) is 11.3 Å². The number of hydrogen-bond donors (Lipinski definition) is 1. The molecule has 0 fully saturated rings. The van der Waals surface area contributed by atoms with Gasteiger partial charge in [-0.25, -0.2) is 4.98 Å². The van der Waals surface area contributed by atoms with E-state index in [1.807, 2.05) is 29.6 Å². The Kier molecular flexibility index (Phi) is 6.32. The van der Waals surface area contributed by atoms with Crippen molar-refractivity contribution in [2.75, 3.05) is 12.4 Å². The van der Waals surface area contributed by atoms with Crippen molar-refractivity contribution >= 4 is 22.4 Å². The number of nitrogens with one attached hydrogen (secondary N) is 1. The molecule has 7 nitrogen and oxygen atoms in total. The minimum atomic E-state index is -0.146. The maximum atomic E-state index is 12.4. The Morgan fingerprint density at radius 2 is 1.81 bits per heavy atom. The summed E-state index contributed by atoms with van der Waals surface area (Å²) in [7, 11) is 1.61. The van der Waals surface area contributed by atoms with E-state index in [-0.39, 0.29) is 12.3 Å². The smallest absolute Gasteiger partial charge is 0.227 e. The lowest BCUT2D eigenvalue weighted by Crippen LogP contribution is -2.12. The van der Waals surface area contributed by atoms with E-state index in [2.05, 4.69) is 53.3 Å². The van der Waals surface area contributed by atoms with Crippen LogP contribution in [0, 0.1) is 20.8 Å². The molecular weight excluding hydrogens is 424 g/mol. The first-order chi connectivity index (χ1) is 15.4. The number of benzene rings is 2. The van der Waals surface area contributed by atoms with Crippen molar-refractivity contribution < 1.29 is 14.1 Å². The van der Waals surface area contributed by atoms with Crippen LogP contribution in [-0.2, 0) is 11.2 Å². The first-order valence-electron chi connectivity index (χ1n) is 10.2. The molecule has 2 aromatic heterocycles. The summed E-state index contributed by atoms with van der Waals surface area (Å²) in [6.07, 6.45) is 0.575. The fraction of sp³-hybridized carbons (Fsp3) is 0.250. The van der Waals surface area contributed by atoms with Crippen LogP contribution in [0.2, 0.25) is 0 Å². The van der Waals surface area contributed by atoms with Crippen molar-refractivity contribution in [1.29, 1.82) is 0 Å². The molecule has 2 aromatic carbocycles. The second-order valence-electron chi connectivity index (χ2n) is 7.60. The van der Waals surface area contributed by atoms with Gasteiger partial charge in [-0.1, -0.05) is 22.9 Å². The molecule has 0 unspecified atom stereocenters. The van der Waals surface area contributed by atoms with Gasteiger partial charge in [0.25, 0.3) is 0 Å². The molecule has 0 aliphatic carbocycles. The lowest BCUT2D eigenvalue weighted by atomic mass is 9.98. The van der Waals surface area contributed by atoms with E-state index in [1.165, 1.54) is 28.0 Å². The van der Waals surface area contributed by atoms with Crippen LogP contribution < -0.4 is 10.1 Å². The summed E-state index contributed by atoms with van der Waals surface area (Å²) in [6.45, 7) is 6.24.